The summed E-state index contributed by atoms with van der Waals surface area (Å²) in [6.45, 7) is 0. The standard InChI is InChI=1S/C24H27IN2O5S/c1-32-24(29)21(15-16-7-11-18(25)12-8-16)26-23(28)22-17-9-13-19(14-10-17)27(22)33(30,31)20-5-3-2-4-6-20/h2-8,11-12,17,19,21-22H,9-10,13-15H2,1H3,(H,26,28)/t17?,19?,21-,22-/m0/s1. The number of halogens is 1. The summed E-state index contributed by atoms with van der Waals surface area (Å²) in [6.07, 6.45) is 3.34. The predicted octanol–water partition coefficient (Wildman–Crippen LogP) is 3.12. The molecule has 0 radical (unpaired) electrons. The van der Waals surface area contributed by atoms with Crippen LogP contribution >= 0.6 is 22.6 Å². The van der Waals surface area contributed by atoms with Crippen LogP contribution in [0.2, 0.25) is 0 Å². The van der Waals surface area contributed by atoms with Crippen LogP contribution in [-0.2, 0) is 30.8 Å². The summed E-state index contributed by atoms with van der Waals surface area (Å²) in [5, 5.41) is 2.82. The molecule has 2 heterocycles. The highest BCUT2D eigenvalue weighted by molar-refractivity contribution is 14.1. The number of ether oxygens (including phenoxy) is 1. The van der Waals surface area contributed by atoms with Crippen LogP contribution in [-0.4, -0.2) is 49.8 Å². The molecule has 3 aliphatic rings. The molecule has 176 valence electrons. The van der Waals surface area contributed by atoms with Crippen molar-refractivity contribution in [3.05, 3.63) is 63.7 Å². The Bertz CT molecular complexity index is 1100. The molecule has 2 atom stereocenters. The van der Waals surface area contributed by atoms with Gasteiger partial charge in [-0.2, -0.15) is 4.31 Å². The fourth-order valence-electron chi connectivity index (χ4n) is 4.95. The minimum Gasteiger partial charge on any atom is -0.467 e. The largest absolute Gasteiger partial charge is 0.467 e. The van der Waals surface area contributed by atoms with Crippen LogP contribution in [0.25, 0.3) is 0 Å². The average molecular weight is 582 g/mol. The normalized spacial score (nSPS) is 23.6. The lowest BCUT2D eigenvalue weighted by atomic mass is 9.76. The molecule has 1 saturated carbocycles. The molecule has 7 nitrogen and oxygen atoms in total. The zero-order valence-corrected chi connectivity index (χ0v) is 21.3. The third-order valence-electron chi connectivity index (χ3n) is 6.56. The minimum atomic E-state index is -3.86. The topological polar surface area (TPSA) is 92.8 Å². The van der Waals surface area contributed by atoms with E-state index in [1.54, 1.807) is 30.3 Å². The molecular weight excluding hydrogens is 555 g/mol. The molecule has 5 rings (SSSR count). The van der Waals surface area contributed by atoms with Crippen molar-refractivity contribution in [1.29, 1.82) is 0 Å². The maximum absolute atomic E-state index is 13.5. The molecule has 2 aromatic carbocycles. The SMILES string of the molecule is COC(=O)[C@H](Cc1ccc(I)cc1)NC(=O)[C@@H]1C2CCC(CC2)N1S(=O)(=O)c1ccccc1. The molecule has 0 aromatic heterocycles. The first-order valence-corrected chi connectivity index (χ1v) is 13.5. The molecule has 2 saturated heterocycles. The number of esters is 1. The lowest BCUT2D eigenvalue weighted by molar-refractivity contribution is -0.146. The molecule has 3 fully saturated rings. The van der Waals surface area contributed by atoms with Crippen molar-refractivity contribution in [2.45, 2.75) is 55.1 Å². The second kappa shape index (κ2) is 10.1. The van der Waals surface area contributed by atoms with Crippen LogP contribution in [0.1, 0.15) is 31.2 Å². The molecule has 2 aromatic rings. The number of carbonyl (C=O) groups is 2. The maximum atomic E-state index is 13.5. The van der Waals surface area contributed by atoms with Gasteiger partial charge in [0.2, 0.25) is 15.9 Å². The first-order chi connectivity index (χ1) is 15.8. The molecule has 9 heteroatoms. The Hall–Kier alpha value is -1.98. The molecule has 33 heavy (non-hydrogen) atoms. The number of methoxy groups -OCH3 is 1. The van der Waals surface area contributed by atoms with Gasteiger partial charge in [-0.25, -0.2) is 13.2 Å². The van der Waals surface area contributed by atoms with Gasteiger partial charge in [-0.05, 0) is 84.0 Å². The Kier molecular flexibility index (Phi) is 7.40. The Balaban J connectivity index is 1.61. The number of benzene rings is 2. The molecule has 1 N–H and O–H groups in total. The fraction of sp³-hybridized carbons (Fsp3) is 0.417. The highest BCUT2D eigenvalue weighted by Crippen LogP contribution is 2.42. The van der Waals surface area contributed by atoms with Crippen molar-refractivity contribution < 1.29 is 22.7 Å². The second-order valence-corrected chi connectivity index (χ2v) is 11.7. The van der Waals surface area contributed by atoms with Gasteiger partial charge in [-0.15, -0.1) is 0 Å². The Morgan fingerprint density at radius 2 is 1.70 bits per heavy atom. The van der Waals surface area contributed by atoms with Gasteiger partial charge in [0, 0.05) is 16.0 Å². The number of hydrogen-bond donors (Lipinski definition) is 1. The van der Waals surface area contributed by atoms with E-state index >= 15 is 0 Å². The summed E-state index contributed by atoms with van der Waals surface area (Å²) in [7, 11) is -2.57. The molecule has 1 aliphatic carbocycles. The number of piperidine rings is 2. The Morgan fingerprint density at radius 1 is 1.06 bits per heavy atom. The van der Waals surface area contributed by atoms with Gasteiger partial charge in [0.1, 0.15) is 12.1 Å². The number of carbonyl (C=O) groups excluding carboxylic acids is 2. The van der Waals surface area contributed by atoms with Crippen molar-refractivity contribution in [3.8, 4) is 0 Å². The fourth-order valence-corrected chi connectivity index (χ4v) is 7.22. The quantitative estimate of drug-likeness (QED) is 0.400. The van der Waals surface area contributed by atoms with E-state index in [-0.39, 0.29) is 23.3 Å². The van der Waals surface area contributed by atoms with E-state index in [0.29, 0.717) is 0 Å². The van der Waals surface area contributed by atoms with Crippen LogP contribution in [0.15, 0.2) is 59.5 Å². The molecule has 0 unspecified atom stereocenters. The third-order valence-corrected chi connectivity index (χ3v) is 9.23. The lowest BCUT2D eigenvalue weighted by Crippen LogP contribution is -2.63. The summed E-state index contributed by atoms with van der Waals surface area (Å²) in [6, 6.07) is 13.9. The Morgan fingerprint density at radius 3 is 2.30 bits per heavy atom. The predicted molar refractivity (Wildman–Crippen MR) is 132 cm³/mol. The summed E-state index contributed by atoms with van der Waals surface area (Å²) in [5.74, 6) is -1.07. The van der Waals surface area contributed by atoms with Crippen molar-refractivity contribution in [2.24, 2.45) is 5.92 Å². The van der Waals surface area contributed by atoms with Crippen LogP contribution in [0.5, 0.6) is 0 Å². The summed E-state index contributed by atoms with van der Waals surface area (Å²) in [4.78, 5) is 26.2. The first kappa shape index (κ1) is 24.2. The number of hydrogen-bond acceptors (Lipinski definition) is 5. The second-order valence-electron chi connectivity index (χ2n) is 8.58. The van der Waals surface area contributed by atoms with Gasteiger partial charge in [0.25, 0.3) is 0 Å². The smallest absolute Gasteiger partial charge is 0.328 e. The van der Waals surface area contributed by atoms with E-state index in [0.717, 1.165) is 34.8 Å². The van der Waals surface area contributed by atoms with Crippen LogP contribution < -0.4 is 5.32 Å². The van der Waals surface area contributed by atoms with E-state index < -0.39 is 34.0 Å². The first-order valence-electron chi connectivity index (χ1n) is 11.0. The van der Waals surface area contributed by atoms with E-state index in [1.165, 1.54) is 11.4 Å². The number of nitrogens with one attached hydrogen (secondary N) is 1. The zero-order chi connectivity index (χ0) is 23.6. The average Bonchev–Trinajstić information content (AvgIpc) is 2.85. The van der Waals surface area contributed by atoms with Gasteiger partial charge < -0.3 is 10.1 Å². The van der Waals surface area contributed by atoms with Gasteiger partial charge in [-0.1, -0.05) is 30.3 Å². The summed E-state index contributed by atoms with van der Waals surface area (Å²) in [5.41, 5.74) is 0.880. The van der Waals surface area contributed by atoms with Gasteiger partial charge >= 0.3 is 5.97 Å². The van der Waals surface area contributed by atoms with Crippen molar-refractivity contribution >= 4 is 44.5 Å². The number of nitrogens with zero attached hydrogens (tertiary/aromatic N) is 1. The van der Waals surface area contributed by atoms with Crippen LogP contribution in [0.4, 0.5) is 0 Å². The highest BCUT2D eigenvalue weighted by atomic mass is 127. The van der Waals surface area contributed by atoms with E-state index in [9.17, 15) is 18.0 Å². The summed E-state index contributed by atoms with van der Waals surface area (Å²) < 4.78 is 34.5. The molecule has 0 spiro atoms. The Labute approximate surface area is 208 Å². The van der Waals surface area contributed by atoms with Gasteiger partial charge in [0.15, 0.2) is 0 Å². The van der Waals surface area contributed by atoms with Crippen LogP contribution in [0.3, 0.4) is 0 Å². The van der Waals surface area contributed by atoms with Crippen molar-refractivity contribution in [3.63, 3.8) is 0 Å². The van der Waals surface area contributed by atoms with E-state index in [2.05, 4.69) is 27.9 Å². The maximum Gasteiger partial charge on any atom is 0.328 e. The van der Waals surface area contributed by atoms with Gasteiger partial charge in [-0.3, -0.25) is 4.79 Å². The number of sulfonamides is 1. The molecule has 1 amide bonds. The molecule has 2 aliphatic heterocycles. The third kappa shape index (κ3) is 5.09. The van der Waals surface area contributed by atoms with Crippen LogP contribution in [0, 0.1) is 9.49 Å². The van der Waals surface area contributed by atoms with E-state index in [4.69, 9.17) is 4.74 Å². The number of amides is 1. The highest BCUT2D eigenvalue weighted by Gasteiger charge is 2.51. The molecule has 2 bridgehead atoms. The zero-order valence-electron chi connectivity index (χ0n) is 18.3. The van der Waals surface area contributed by atoms with Crippen molar-refractivity contribution in [1.82, 2.24) is 9.62 Å². The minimum absolute atomic E-state index is 0.0786. The lowest BCUT2D eigenvalue weighted by Gasteiger charge is -2.49. The molecular formula is C24H27IN2O5S. The van der Waals surface area contributed by atoms with Gasteiger partial charge in [0.05, 0.1) is 12.0 Å². The van der Waals surface area contributed by atoms with Crippen molar-refractivity contribution in [2.75, 3.05) is 7.11 Å². The van der Waals surface area contributed by atoms with E-state index in [1.807, 2.05) is 24.3 Å². The number of fused-ring (bicyclic) bond motifs is 3. The number of rotatable bonds is 7. The monoisotopic (exact) mass is 582 g/mol. The summed E-state index contributed by atoms with van der Waals surface area (Å²) >= 11 is 2.20.